The number of pyridine rings is 1. The van der Waals surface area contributed by atoms with Gasteiger partial charge in [-0.1, -0.05) is 48.7 Å². The second kappa shape index (κ2) is 7.27. The van der Waals surface area contributed by atoms with Gasteiger partial charge in [-0.3, -0.25) is 0 Å². The maximum absolute atomic E-state index is 5.94. The number of hydrogen-bond donors (Lipinski definition) is 0. The first kappa shape index (κ1) is 14.8. The summed E-state index contributed by atoms with van der Waals surface area (Å²) in [5.74, 6) is 0.327. The third-order valence-corrected chi connectivity index (χ3v) is 3.34. The summed E-state index contributed by atoms with van der Waals surface area (Å²) in [4.78, 5) is 6.22. The number of ether oxygens (including phenoxy) is 1. The molecular weight excluding hydrogens is 282 g/mol. The molecule has 0 N–H and O–H groups in total. The number of nitrogens with zero attached hydrogens (tertiary/aromatic N) is 2. The minimum absolute atomic E-state index is 0.203. The summed E-state index contributed by atoms with van der Waals surface area (Å²) in [6.45, 7) is 7.53. The van der Waals surface area contributed by atoms with E-state index in [9.17, 15) is 0 Å². The van der Waals surface area contributed by atoms with Crippen LogP contribution in [0.3, 0.4) is 0 Å². The molecule has 0 aliphatic carbocycles. The fraction of sp³-hybridized carbons (Fsp3) is 0.545. The van der Waals surface area contributed by atoms with Gasteiger partial charge >= 0.3 is 0 Å². The van der Waals surface area contributed by atoms with E-state index in [-0.39, 0.29) is 5.15 Å². The van der Waals surface area contributed by atoms with Gasteiger partial charge in [0.2, 0.25) is 5.88 Å². The van der Waals surface area contributed by atoms with Gasteiger partial charge in [0.25, 0.3) is 0 Å². The van der Waals surface area contributed by atoms with Gasteiger partial charge in [0.05, 0.1) is 5.02 Å². The van der Waals surface area contributed by atoms with Crippen LogP contribution in [0.25, 0.3) is 0 Å². The van der Waals surface area contributed by atoms with E-state index in [0.717, 1.165) is 19.6 Å². The van der Waals surface area contributed by atoms with E-state index in [4.69, 9.17) is 39.5 Å². The maximum Gasteiger partial charge on any atom is 0.234 e. The van der Waals surface area contributed by atoms with Crippen LogP contribution in [0.15, 0.2) is 6.07 Å². The molecule has 0 atom stereocenters. The third-order valence-electron chi connectivity index (χ3n) is 2.40. The van der Waals surface area contributed by atoms with E-state index < -0.39 is 0 Å². The lowest BCUT2D eigenvalue weighted by Crippen LogP contribution is -2.28. The zero-order chi connectivity index (χ0) is 12.8. The first-order valence-electron chi connectivity index (χ1n) is 5.45. The normalized spacial score (nSPS) is 10.9. The highest BCUT2D eigenvalue weighted by molar-refractivity contribution is 6.42. The Morgan fingerprint density at radius 2 is 1.82 bits per heavy atom. The molecule has 1 aromatic rings. The van der Waals surface area contributed by atoms with E-state index in [2.05, 4.69) is 23.7 Å². The monoisotopic (exact) mass is 296 g/mol. The lowest BCUT2D eigenvalue weighted by atomic mass is 10.4. The molecule has 0 amide bonds. The average Bonchev–Trinajstić information content (AvgIpc) is 2.31. The van der Waals surface area contributed by atoms with Crippen LogP contribution in [0.1, 0.15) is 13.8 Å². The molecule has 0 aromatic carbocycles. The predicted octanol–water partition coefficient (Wildman–Crippen LogP) is 3.76. The van der Waals surface area contributed by atoms with Gasteiger partial charge in [-0.2, -0.15) is 4.98 Å². The summed E-state index contributed by atoms with van der Waals surface area (Å²) in [5.41, 5.74) is 0. The van der Waals surface area contributed by atoms with Gasteiger partial charge in [-0.25, -0.2) is 0 Å². The molecule has 0 unspecified atom stereocenters. The smallest absolute Gasteiger partial charge is 0.234 e. The number of rotatable bonds is 6. The van der Waals surface area contributed by atoms with Crippen molar-refractivity contribution in [2.45, 2.75) is 13.8 Å². The van der Waals surface area contributed by atoms with Crippen LogP contribution in [0.4, 0.5) is 0 Å². The van der Waals surface area contributed by atoms with Gasteiger partial charge in [-0.15, -0.1) is 0 Å². The lowest BCUT2D eigenvalue weighted by molar-refractivity contribution is 0.218. The quantitative estimate of drug-likeness (QED) is 0.748. The second-order valence-corrected chi connectivity index (χ2v) is 4.60. The lowest BCUT2D eigenvalue weighted by Gasteiger charge is -2.18. The van der Waals surface area contributed by atoms with Crippen molar-refractivity contribution in [2.24, 2.45) is 0 Å². The summed E-state index contributed by atoms with van der Waals surface area (Å²) >= 11 is 17.5. The van der Waals surface area contributed by atoms with Crippen LogP contribution >= 0.6 is 34.8 Å². The van der Waals surface area contributed by atoms with Crippen LogP contribution < -0.4 is 4.74 Å². The van der Waals surface area contributed by atoms with Gasteiger partial charge in [0.1, 0.15) is 11.6 Å². The summed E-state index contributed by atoms with van der Waals surface area (Å²) in [6, 6.07) is 1.53. The summed E-state index contributed by atoms with van der Waals surface area (Å²) in [5, 5.41) is 0.903. The first-order chi connectivity index (χ1) is 8.08. The Morgan fingerprint density at radius 3 is 2.41 bits per heavy atom. The van der Waals surface area contributed by atoms with Gasteiger partial charge in [-0.05, 0) is 19.2 Å². The van der Waals surface area contributed by atoms with Crippen molar-refractivity contribution in [3.05, 3.63) is 21.3 Å². The maximum atomic E-state index is 5.94. The molecule has 0 saturated heterocycles. The van der Waals surface area contributed by atoms with Crippen molar-refractivity contribution in [3.8, 4) is 5.88 Å². The molecule has 0 saturated carbocycles. The van der Waals surface area contributed by atoms with Crippen molar-refractivity contribution >= 4 is 34.8 Å². The molecule has 0 aliphatic heterocycles. The molecular formula is C11H15Cl3N2O. The minimum Gasteiger partial charge on any atom is -0.475 e. The molecule has 0 radical (unpaired) electrons. The predicted molar refractivity (Wildman–Crippen MR) is 72.6 cm³/mol. The highest BCUT2D eigenvalue weighted by atomic mass is 35.5. The van der Waals surface area contributed by atoms with E-state index in [1.54, 1.807) is 0 Å². The van der Waals surface area contributed by atoms with E-state index >= 15 is 0 Å². The number of halogens is 3. The van der Waals surface area contributed by atoms with Crippen molar-refractivity contribution in [1.29, 1.82) is 0 Å². The van der Waals surface area contributed by atoms with E-state index in [0.29, 0.717) is 22.5 Å². The Balaban J connectivity index is 2.55. The molecule has 0 spiro atoms. The van der Waals surface area contributed by atoms with E-state index in [1.807, 2.05) is 0 Å². The van der Waals surface area contributed by atoms with Crippen LogP contribution in [0, 0.1) is 0 Å². The third kappa shape index (κ3) is 4.51. The summed E-state index contributed by atoms with van der Waals surface area (Å²) in [7, 11) is 0. The topological polar surface area (TPSA) is 25.4 Å². The van der Waals surface area contributed by atoms with Crippen molar-refractivity contribution in [3.63, 3.8) is 0 Å². The standard InChI is InChI=1S/C11H15Cl3N2O/c1-3-16(4-2)5-6-17-11-9(13)7-8(12)10(14)15-11/h7H,3-6H2,1-2H3. The molecule has 0 bridgehead atoms. The van der Waals surface area contributed by atoms with Gasteiger partial charge in [0, 0.05) is 6.54 Å². The zero-order valence-corrected chi connectivity index (χ0v) is 12.1. The molecule has 0 aliphatic rings. The van der Waals surface area contributed by atoms with Crippen molar-refractivity contribution in [2.75, 3.05) is 26.2 Å². The fourth-order valence-electron chi connectivity index (χ4n) is 1.34. The SMILES string of the molecule is CCN(CC)CCOc1nc(Cl)c(Cl)cc1Cl. The van der Waals surface area contributed by atoms with Gasteiger partial charge < -0.3 is 9.64 Å². The molecule has 1 rings (SSSR count). The minimum atomic E-state index is 0.203. The zero-order valence-electron chi connectivity index (χ0n) is 9.84. The molecule has 3 nitrogen and oxygen atoms in total. The molecule has 1 aromatic heterocycles. The first-order valence-corrected chi connectivity index (χ1v) is 6.58. The second-order valence-electron chi connectivity index (χ2n) is 3.42. The molecule has 96 valence electrons. The summed E-state index contributed by atoms with van der Waals surface area (Å²) in [6.07, 6.45) is 0. The number of hydrogen-bond acceptors (Lipinski definition) is 3. The molecule has 1 heterocycles. The molecule has 17 heavy (non-hydrogen) atoms. The highest BCUT2D eigenvalue weighted by Crippen LogP contribution is 2.30. The number of aromatic nitrogens is 1. The Kier molecular flexibility index (Phi) is 6.34. The van der Waals surface area contributed by atoms with Crippen molar-refractivity contribution in [1.82, 2.24) is 9.88 Å². The van der Waals surface area contributed by atoms with Crippen LogP contribution in [-0.4, -0.2) is 36.1 Å². The van der Waals surface area contributed by atoms with Crippen molar-refractivity contribution < 1.29 is 4.74 Å². The fourth-order valence-corrected chi connectivity index (χ4v) is 1.89. The highest BCUT2D eigenvalue weighted by Gasteiger charge is 2.09. The molecule has 0 fully saturated rings. The Morgan fingerprint density at radius 1 is 1.18 bits per heavy atom. The van der Waals surface area contributed by atoms with Crippen LogP contribution in [0.2, 0.25) is 15.2 Å². The average molecular weight is 298 g/mol. The summed E-state index contributed by atoms with van der Waals surface area (Å²) < 4.78 is 5.48. The molecule has 6 heteroatoms. The van der Waals surface area contributed by atoms with Gasteiger partial charge in [0.15, 0.2) is 5.15 Å². The Labute approximate surface area is 117 Å². The Bertz CT molecular complexity index is 370. The Hall–Kier alpha value is -0.220. The van der Waals surface area contributed by atoms with E-state index in [1.165, 1.54) is 6.07 Å². The largest absolute Gasteiger partial charge is 0.475 e. The van der Waals surface area contributed by atoms with Crippen LogP contribution in [0.5, 0.6) is 5.88 Å². The number of likely N-dealkylation sites (N-methyl/N-ethyl adjacent to an activating group) is 1. The van der Waals surface area contributed by atoms with Crippen LogP contribution in [-0.2, 0) is 0 Å².